The van der Waals surface area contributed by atoms with Gasteiger partial charge in [0.1, 0.15) is 5.75 Å². The van der Waals surface area contributed by atoms with E-state index in [0.717, 1.165) is 6.26 Å². The number of nitrogens with one attached hydrogen (secondary N) is 1. The third-order valence-corrected chi connectivity index (χ3v) is 4.36. The molecule has 0 bridgehead atoms. The second kappa shape index (κ2) is 7.69. The minimum atomic E-state index is -3.54. The van der Waals surface area contributed by atoms with Gasteiger partial charge in [0, 0.05) is 17.5 Å². The van der Waals surface area contributed by atoms with E-state index in [9.17, 15) is 13.2 Å². The molecule has 0 aliphatic carbocycles. The Labute approximate surface area is 136 Å². The number of rotatable bonds is 7. The maximum absolute atomic E-state index is 12.0. The molecule has 6 nitrogen and oxygen atoms in total. The number of anilines is 1. The highest BCUT2D eigenvalue weighted by Crippen LogP contribution is 2.32. The molecule has 0 aliphatic heterocycles. The molecule has 1 amide bonds. The molecule has 0 saturated carbocycles. The van der Waals surface area contributed by atoms with Gasteiger partial charge in [-0.25, -0.2) is 8.42 Å². The van der Waals surface area contributed by atoms with Crippen molar-refractivity contribution in [1.82, 2.24) is 5.32 Å². The lowest BCUT2D eigenvalue weighted by Crippen LogP contribution is -2.39. The molecule has 8 heteroatoms. The minimum absolute atomic E-state index is 0.0913. The van der Waals surface area contributed by atoms with Crippen LogP contribution in [0, 0.1) is 5.92 Å². The first kappa shape index (κ1) is 18.6. The molecule has 124 valence electrons. The summed E-state index contributed by atoms with van der Waals surface area (Å²) in [7, 11) is -2.09. The van der Waals surface area contributed by atoms with Gasteiger partial charge in [-0.15, -0.1) is 0 Å². The van der Waals surface area contributed by atoms with Crippen molar-refractivity contribution in [2.75, 3.05) is 30.8 Å². The number of benzene rings is 1. The summed E-state index contributed by atoms with van der Waals surface area (Å²) >= 11 is 5.95. The second-order valence-electron chi connectivity index (χ2n) is 5.10. The summed E-state index contributed by atoms with van der Waals surface area (Å²) in [5.41, 5.74) is 0.344. The first-order valence-electron chi connectivity index (χ1n) is 6.75. The van der Waals surface area contributed by atoms with E-state index in [2.05, 4.69) is 5.32 Å². The number of methoxy groups -OCH3 is 1. The van der Waals surface area contributed by atoms with Crippen molar-refractivity contribution < 1.29 is 17.9 Å². The molecule has 0 saturated heterocycles. The van der Waals surface area contributed by atoms with Crippen LogP contribution in [0.25, 0.3) is 0 Å². The molecule has 0 aromatic heterocycles. The maximum atomic E-state index is 12.0. The molecule has 0 fully saturated rings. The van der Waals surface area contributed by atoms with Crippen molar-refractivity contribution in [3.05, 3.63) is 23.2 Å². The Hall–Kier alpha value is -1.47. The third-order valence-electron chi connectivity index (χ3n) is 2.95. The summed E-state index contributed by atoms with van der Waals surface area (Å²) in [6.07, 6.45) is 1.09. The number of carbonyl (C=O) groups is 1. The fraction of sp³-hybridized carbons (Fsp3) is 0.500. The van der Waals surface area contributed by atoms with Crippen molar-refractivity contribution in [2.45, 2.75) is 13.8 Å². The minimum Gasteiger partial charge on any atom is -0.495 e. The van der Waals surface area contributed by atoms with Gasteiger partial charge < -0.3 is 10.1 Å². The second-order valence-corrected chi connectivity index (χ2v) is 7.44. The molecule has 0 unspecified atom stereocenters. The fourth-order valence-electron chi connectivity index (χ4n) is 1.81. The lowest BCUT2D eigenvalue weighted by atomic mass is 10.2. The first-order valence-corrected chi connectivity index (χ1v) is 8.98. The van der Waals surface area contributed by atoms with Crippen molar-refractivity contribution in [1.29, 1.82) is 0 Å². The van der Waals surface area contributed by atoms with Crippen LogP contribution in [0.5, 0.6) is 5.75 Å². The molecule has 0 atom stereocenters. The van der Waals surface area contributed by atoms with Crippen LogP contribution >= 0.6 is 11.6 Å². The number of nitrogens with zero attached hydrogens (tertiary/aromatic N) is 1. The normalized spacial score (nSPS) is 11.4. The van der Waals surface area contributed by atoms with Crippen LogP contribution in [-0.4, -0.2) is 40.8 Å². The summed E-state index contributed by atoms with van der Waals surface area (Å²) in [5, 5.41) is 3.09. The number of carbonyl (C=O) groups excluding carboxylic acids is 1. The number of ether oxygens (including phenoxy) is 1. The monoisotopic (exact) mass is 348 g/mol. The Bertz CT molecular complexity index is 632. The van der Waals surface area contributed by atoms with Crippen molar-refractivity contribution >= 4 is 33.2 Å². The first-order chi connectivity index (χ1) is 10.2. The van der Waals surface area contributed by atoms with Gasteiger partial charge in [0.15, 0.2) is 0 Å². The number of halogens is 1. The fourth-order valence-corrected chi connectivity index (χ4v) is 2.90. The van der Waals surface area contributed by atoms with Gasteiger partial charge in [-0.3, -0.25) is 9.10 Å². The zero-order valence-corrected chi connectivity index (χ0v) is 14.7. The third kappa shape index (κ3) is 5.06. The predicted molar refractivity (Wildman–Crippen MR) is 88.0 cm³/mol. The van der Waals surface area contributed by atoms with Crippen molar-refractivity contribution in [3.8, 4) is 5.75 Å². The van der Waals surface area contributed by atoms with Crippen LogP contribution in [0.2, 0.25) is 5.02 Å². The Balaban J connectivity index is 3.01. The van der Waals surface area contributed by atoms with Crippen LogP contribution in [0.3, 0.4) is 0 Å². The summed E-state index contributed by atoms with van der Waals surface area (Å²) in [4.78, 5) is 11.6. The zero-order valence-electron chi connectivity index (χ0n) is 13.1. The molecular weight excluding hydrogens is 328 g/mol. The van der Waals surface area contributed by atoms with Gasteiger partial charge in [0.25, 0.3) is 0 Å². The van der Waals surface area contributed by atoms with Crippen LogP contribution < -0.4 is 14.4 Å². The van der Waals surface area contributed by atoms with E-state index in [-0.39, 0.29) is 24.9 Å². The number of sulfonamides is 1. The van der Waals surface area contributed by atoms with Crippen molar-refractivity contribution in [2.24, 2.45) is 5.92 Å². The number of hydrogen-bond acceptors (Lipinski definition) is 4. The summed E-state index contributed by atoms with van der Waals surface area (Å²) in [6, 6.07) is 4.74. The van der Waals surface area contributed by atoms with Gasteiger partial charge in [-0.05, 0) is 18.2 Å². The van der Waals surface area contributed by atoms with E-state index in [1.807, 2.05) is 0 Å². The van der Waals surface area contributed by atoms with Gasteiger partial charge in [-0.2, -0.15) is 0 Å². The average Bonchev–Trinajstić information content (AvgIpc) is 2.41. The molecule has 1 rings (SSSR count). The van der Waals surface area contributed by atoms with Gasteiger partial charge in [-0.1, -0.05) is 25.4 Å². The molecule has 1 N–H and O–H groups in total. The van der Waals surface area contributed by atoms with E-state index < -0.39 is 10.0 Å². The summed E-state index contributed by atoms with van der Waals surface area (Å²) < 4.78 is 30.4. The van der Waals surface area contributed by atoms with E-state index in [1.54, 1.807) is 26.0 Å². The van der Waals surface area contributed by atoms with E-state index >= 15 is 0 Å². The molecule has 0 heterocycles. The Morgan fingerprint density at radius 3 is 2.55 bits per heavy atom. The summed E-state index contributed by atoms with van der Waals surface area (Å²) in [5.74, 6) is 0.101. The average molecular weight is 349 g/mol. The number of hydrogen-bond donors (Lipinski definition) is 1. The van der Waals surface area contributed by atoms with E-state index in [1.165, 1.54) is 17.5 Å². The number of amides is 1. The SMILES string of the molecule is COc1ccc(Cl)cc1N(CCNC(=O)C(C)C)S(C)(=O)=O. The van der Waals surface area contributed by atoms with Gasteiger partial charge in [0.2, 0.25) is 15.9 Å². The molecule has 0 radical (unpaired) electrons. The molecular formula is C14H21ClN2O4S. The molecule has 1 aromatic carbocycles. The molecule has 0 spiro atoms. The van der Waals surface area contributed by atoms with E-state index in [4.69, 9.17) is 16.3 Å². The predicted octanol–water partition coefficient (Wildman–Crippen LogP) is 1.89. The highest BCUT2D eigenvalue weighted by molar-refractivity contribution is 7.92. The largest absolute Gasteiger partial charge is 0.495 e. The highest BCUT2D eigenvalue weighted by atomic mass is 35.5. The quantitative estimate of drug-likeness (QED) is 0.816. The van der Waals surface area contributed by atoms with Crippen molar-refractivity contribution in [3.63, 3.8) is 0 Å². The van der Waals surface area contributed by atoms with E-state index in [0.29, 0.717) is 16.5 Å². The zero-order chi connectivity index (χ0) is 16.9. The lowest BCUT2D eigenvalue weighted by Gasteiger charge is -2.24. The Morgan fingerprint density at radius 2 is 2.05 bits per heavy atom. The van der Waals surface area contributed by atoms with Crippen LogP contribution in [-0.2, 0) is 14.8 Å². The van der Waals surface area contributed by atoms with Crippen LogP contribution in [0.4, 0.5) is 5.69 Å². The van der Waals surface area contributed by atoms with Gasteiger partial charge >= 0.3 is 0 Å². The van der Waals surface area contributed by atoms with Gasteiger partial charge in [0.05, 0.1) is 25.6 Å². The highest BCUT2D eigenvalue weighted by Gasteiger charge is 2.21. The molecule has 0 aliphatic rings. The topological polar surface area (TPSA) is 75.7 Å². The smallest absolute Gasteiger partial charge is 0.232 e. The lowest BCUT2D eigenvalue weighted by molar-refractivity contribution is -0.123. The molecule has 22 heavy (non-hydrogen) atoms. The van der Waals surface area contributed by atoms with Crippen LogP contribution in [0.1, 0.15) is 13.8 Å². The Kier molecular flexibility index (Phi) is 6.49. The standard InChI is InChI=1S/C14H21ClN2O4S/c1-10(2)14(18)16-7-8-17(22(4,19)20)12-9-11(15)5-6-13(12)21-3/h5-6,9-10H,7-8H2,1-4H3,(H,16,18). The van der Waals surface area contributed by atoms with Crippen LogP contribution in [0.15, 0.2) is 18.2 Å². The summed E-state index contributed by atoms with van der Waals surface area (Å²) in [6.45, 7) is 3.82. The molecule has 1 aromatic rings. The Morgan fingerprint density at radius 1 is 1.41 bits per heavy atom. The maximum Gasteiger partial charge on any atom is 0.232 e.